The predicted octanol–water partition coefficient (Wildman–Crippen LogP) is 6.28. The van der Waals surface area contributed by atoms with Crippen molar-refractivity contribution in [3.05, 3.63) is 80.4 Å². The van der Waals surface area contributed by atoms with Crippen molar-refractivity contribution in [1.29, 1.82) is 0 Å². The third kappa shape index (κ3) is 3.67. The standard InChI is InChI=1S/C23H19IN2O2/c1-13-10-15(3)21-20(11-13)26-23(28-21)17-5-4-14(2)19(12-17)25-22(27)16-6-8-18(24)9-7-16/h4-12H,1-3H3,(H,25,27). The van der Waals surface area contributed by atoms with E-state index in [4.69, 9.17) is 4.42 Å². The van der Waals surface area contributed by atoms with Crippen molar-refractivity contribution in [2.24, 2.45) is 0 Å². The monoisotopic (exact) mass is 482 g/mol. The number of nitrogens with zero attached hydrogens (tertiary/aromatic N) is 1. The molecule has 0 spiro atoms. The molecule has 4 aromatic rings. The summed E-state index contributed by atoms with van der Waals surface area (Å²) in [5.41, 5.74) is 7.03. The number of fused-ring (bicyclic) bond motifs is 1. The maximum Gasteiger partial charge on any atom is 0.255 e. The number of aryl methyl sites for hydroxylation is 3. The predicted molar refractivity (Wildman–Crippen MR) is 121 cm³/mol. The Morgan fingerprint density at radius 1 is 0.964 bits per heavy atom. The third-order valence-electron chi connectivity index (χ3n) is 4.66. The Labute approximate surface area is 177 Å². The van der Waals surface area contributed by atoms with E-state index in [0.717, 1.165) is 42.6 Å². The van der Waals surface area contributed by atoms with Crippen LogP contribution >= 0.6 is 22.6 Å². The Bertz CT molecular complexity index is 1190. The van der Waals surface area contributed by atoms with E-state index in [9.17, 15) is 4.79 Å². The van der Waals surface area contributed by atoms with Crippen LogP contribution in [0.15, 0.2) is 59.0 Å². The maximum absolute atomic E-state index is 12.6. The summed E-state index contributed by atoms with van der Waals surface area (Å²) in [4.78, 5) is 17.2. The van der Waals surface area contributed by atoms with Gasteiger partial charge in [-0.2, -0.15) is 0 Å². The summed E-state index contributed by atoms with van der Waals surface area (Å²) in [6.45, 7) is 6.03. The second kappa shape index (κ2) is 7.39. The van der Waals surface area contributed by atoms with Crippen molar-refractivity contribution in [2.45, 2.75) is 20.8 Å². The first-order valence-corrected chi connectivity index (χ1v) is 10.0. The molecule has 0 saturated carbocycles. The number of rotatable bonds is 3. The fourth-order valence-corrected chi connectivity index (χ4v) is 3.55. The molecule has 0 atom stereocenters. The number of carbonyl (C=O) groups is 1. The molecule has 1 heterocycles. The molecule has 1 amide bonds. The highest BCUT2D eigenvalue weighted by atomic mass is 127. The van der Waals surface area contributed by atoms with Crippen LogP contribution in [0.3, 0.4) is 0 Å². The van der Waals surface area contributed by atoms with Crippen LogP contribution in [-0.4, -0.2) is 10.9 Å². The van der Waals surface area contributed by atoms with E-state index in [2.05, 4.69) is 39.0 Å². The van der Waals surface area contributed by atoms with Crippen molar-refractivity contribution in [3.63, 3.8) is 0 Å². The lowest BCUT2D eigenvalue weighted by atomic mass is 10.1. The fourth-order valence-electron chi connectivity index (χ4n) is 3.19. The fraction of sp³-hybridized carbons (Fsp3) is 0.130. The molecule has 5 heteroatoms. The van der Waals surface area contributed by atoms with E-state index in [1.54, 1.807) is 0 Å². The van der Waals surface area contributed by atoms with Gasteiger partial charge >= 0.3 is 0 Å². The van der Waals surface area contributed by atoms with Crippen molar-refractivity contribution < 1.29 is 9.21 Å². The van der Waals surface area contributed by atoms with E-state index in [0.29, 0.717) is 11.5 Å². The van der Waals surface area contributed by atoms with Crippen LogP contribution in [-0.2, 0) is 0 Å². The van der Waals surface area contributed by atoms with E-state index < -0.39 is 0 Å². The van der Waals surface area contributed by atoms with Crippen LogP contribution in [0.25, 0.3) is 22.6 Å². The Morgan fingerprint density at radius 2 is 1.71 bits per heavy atom. The van der Waals surface area contributed by atoms with E-state index in [1.807, 2.05) is 69.3 Å². The molecule has 0 aliphatic heterocycles. The summed E-state index contributed by atoms with van der Waals surface area (Å²) in [5.74, 6) is 0.411. The average molecular weight is 482 g/mol. The number of oxazole rings is 1. The number of benzene rings is 3. The summed E-state index contributed by atoms with van der Waals surface area (Å²) in [6.07, 6.45) is 0. The molecule has 4 nitrogen and oxygen atoms in total. The molecule has 1 aromatic heterocycles. The van der Waals surface area contributed by atoms with Crippen molar-refractivity contribution in [1.82, 2.24) is 4.98 Å². The van der Waals surface area contributed by atoms with Crippen molar-refractivity contribution in [2.75, 3.05) is 5.32 Å². The van der Waals surface area contributed by atoms with Crippen LogP contribution in [0, 0.1) is 24.3 Å². The largest absolute Gasteiger partial charge is 0.436 e. The average Bonchev–Trinajstić information content (AvgIpc) is 3.08. The van der Waals surface area contributed by atoms with Crippen LogP contribution in [0.1, 0.15) is 27.0 Å². The lowest BCUT2D eigenvalue weighted by Crippen LogP contribution is -2.12. The zero-order valence-corrected chi connectivity index (χ0v) is 18.0. The molecule has 3 aromatic carbocycles. The molecule has 0 aliphatic rings. The molecular formula is C23H19IN2O2. The molecule has 4 rings (SSSR count). The van der Waals surface area contributed by atoms with Crippen molar-refractivity contribution in [3.8, 4) is 11.5 Å². The summed E-state index contributed by atoms with van der Waals surface area (Å²) < 4.78 is 7.10. The van der Waals surface area contributed by atoms with Gasteiger partial charge < -0.3 is 9.73 Å². The molecule has 1 N–H and O–H groups in total. The highest BCUT2D eigenvalue weighted by Crippen LogP contribution is 2.30. The zero-order chi connectivity index (χ0) is 19.8. The smallest absolute Gasteiger partial charge is 0.255 e. The van der Waals surface area contributed by atoms with Gasteiger partial charge in [0.05, 0.1) is 0 Å². The summed E-state index contributed by atoms with van der Waals surface area (Å²) in [5, 5.41) is 3.00. The van der Waals surface area contributed by atoms with E-state index in [1.165, 1.54) is 0 Å². The van der Waals surface area contributed by atoms with E-state index >= 15 is 0 Å². The number of hydrogen-bond acceptors (Lipinski definition) is 3. The number of amides is 1. The van der Waals surface area contributed by atoms with Gasteiger partial charge in [0.2, 0.25) is 5.89 Å². The lowest BCUT2D eigenvalue weighted by molar-refractivity contribution is 0.102. The van der Waals surface area contributed by atoms with Crippen LogP contribution < -0.4 is 5.32 Å². The van der Waals surface area contributed by atoms with Gasteiger partial charge in [-0.05, 0) is 103 Å². The molecular weight excluding hydrogens is 463 g/mol. The van der Waals surface area contributed by atoms with Gasteiger partial charge in [0.1, 0.15) is 5.52 Å². The molecule has 28 heavy (non-hydrogen) atoms. The van der Waals surface area contributed by atoms with Crippen LogP contribution in [0.5, 0.6) is 0 Å². The van der Waals surface area contributed by atoms with Gasteiger partial charge in [-0.25, -0.2) is 4.98 Å². The second-order valence-corrected chi connectivity index (χ2v) is 8.19. The first-order chi connectivity index (χ1) is 13.4. The van der Waals surface area contributed by atoms with Crippen molar-refractivity contribution >= 4 is 45.3 Å². The molecule has 0 fully saturated rings. The highest BCUT2D eigenvalue weighted by Gasteiger charge is 2.14. The molecule has 140 valence electrons. The third-order valence-corrected chi connectivity index (χ3v) is 5.38. The summed E-state index contributed by atoms with van der Waals surface area (Å²) >= 11 is 2.22. The zero-order valence-electron chi connectivity index (χ0n) is 15.8. The number of hydrogen-bond donors (Lipinski definition) is 1. The quantitative estimate of drug-likeness (QED) is 0.350. The van der Waals surface area contributed by atoms with Gasteiger partial charge in [0.15, 0.2) is 5.58 Å². The summed E-state index contributed by atoms with van der Waals surface area (Å²) in [6, 6.07) is 17.4. The van der Waals surface area contributed by atoms with E-state index in [-0.39, 0.29) is 5.91 Å². The molecule has 0 saturated heterocycles. The van der Waals surface area contributed by atoms with Gasteiger partial charge in [-0.3, -0.25) is 4.79 Å². The first kappa shape index (κ1) is 18.7. The molecule has 0 aliphatic carbocycles. The minimum atomic E-state index is -0.138. The minimum absolute atomic E-state index is 0.138. The molecule has 0 radical (unpaired) electrons. The van der Waals surface area contributed by atoms with Crippen LogP contribution in [0.4, 0.5) is 5.69 Å². The SMILES string of the molecule is Cc1cc(C)c2oc(-c3ccc(C)c(NC(=O)c4ccc(I)cc4)c3)nc2c1. The maximum atomic E-state index is 12.6. The Balaban J connectivity index is 1.68. The Hall–Kier alpha value is -2.67. The first-order valence-electron chi connectivity index (χ1n) is 8.96. The van der Waals surface area contributed by atoms with Gasteiger partial charge in [-0.1, -0.05) is 12.1 Å². The topological polar surface area (TPSA) is 55.1 Å². The van der Waals surface area contributed by atoms with Gasteiger partial charge in [-0.15, -0.1) is 0 Å². The normalized spacial score (nSPS) is 11.0. The summed E-state index contributed by atoms with van der Waals surface area (Å²) in [7, 11) is 0. The second-order valence-electron chi connectivity index (χ2n) is 6.94. The Kier molecular flexibility index (Phi) is 4.93. The number of halogens is 1. The number of nitrogens with one attached hydrogen (secondary N) is 1. The van der Waals surface area contributed by atoms with Gasteiger partial charge in [0, 0.05) is 20.4 Å². The Morgan fingerprint density at radius 3 is 2.46 bits per heavy atom. The van der Waals surface area contributed by atoms with Gasteiger partial charge in [0.25, 0.3) is 5.91 Å². The number of aromatic nitrogens is 1. The molecule has 0 bridgehead atoms. The minimum Gasteiger partial charge on any atom is -0.436 e. The number of carbonyl (C=O) groups excluding carboxylic acids is 1. The number of anilines is 1. The molecule has 0 unspecified atom stereocenters. The lowest BCUT2D eigenvalue weighted by Gasteiger charge is -2.10. The van der Waals surface area contributed by atoms with Crippen LogP contribution in [0.2, 0.25) is 0 Å². The highest BCUT2D eigenvalue weighted by molar-refractivity contribution is 14.1.